The van der Waals surface area contributed by atoms with Gasteiger partial charge in [-0.15, -0.1) is 0 Å². The van der Waals surface area contributed by atoms with Crippen LogP contribution in [0.25, 0.3) is 0 Å². The summed E-state index contributed by atoms with van der Waals surface area (Å²) in [4.78, 5) is 12.9. The van der Waals surface area contributed by atoms with Crippen molar-refractivity contribution in [3.8, 4) is 11.5 Å². The summed E-state index contributed by atoms with van der Waals surface area (Å²) in [6.45, 7) is 2.09. The molecular formula is C21H23N3O5S. The average Bonchev–Trinajstić information content (AvgIpc) is 3.13. The summed E-state index contributed by atoms with van der Waals surface area (Å²) < 4.78 is 36.1. The number of para-hydroxylation sites is 1. The van der Waals surface area contributed by atoms with Crippen LogP contribution >= 0.6 is 0 Å². The van der Waals surface area contributed by atoms with E-state index in [4.69, 9.17) is 9.47 Å². The maximum atomic E-state index is 12.8. The topological polar surface area (TPSA) is 99.5 Å². The molecule has 1 heterocycles. The molecule has 0 fully saturated rings. The fraction of sp³-hybridized carbons (Fsp3) is 0.238. The SMILES string of the molecule is COc1cccc(Cn2nccc2NC(=O)c2cc(S(C)(=O)=O)ccc2C)c1OC. The Labute approximate surface area is 175 Å². The molecule has 30 heavy (non-hydrogen) atoms. The van der Waals surface area contributed by atoms with Crippen LogP contribution in [0.15, 0.2) is 53.6 Å². The lowest BCUT2D eigenvalue weighted by Gasteiger charge is -2.14. The van der Waals surface area contributed by atoms with Gasteiger partial charge in [-0.2, -0.15) is 5.10 Å². The number of benzene rings is 2. The summed E-state index contributed by atoms with van der Waals surface area (Å²) in [6.07, 6.45) is 2.68. The molecule has 3 aromatic rings. The Balaban J connectivity index is 1.88. The van der Waals surface area contributed by atoms with Crippen LogP contribution in [-0.2, 0) is 16.4 Å². The predicted octanol–water partition coefficient (Wildman–Crippen LogP) is 2.91. The van der Waals surface area contributed by atoms with Gasteiger partial charge in [-0.05, 0) is 30.7 Å². The van der Waals surface area contributed by atoms with Crippen LogP contribution in [0.2, 0.25) is 0 Å². The third-order valence-electron chi connectivity index (χ3n) is 4.64. The van der Waals surface area contributed by atoms with Crippen molar-refractivity contribution in [1.82, 2.24) is 9.78 Å². The third kappa shape index (κ3) is 4.46. The molecule has 0 saturated carbocycles. The third-order valence-corrected chi connectivity index (χ3v) is 5.75. The van der Waals surface area contributed by atoms with Gasteiger partial charge in [0, 0.05) is 23.4 Å². The van der Waals surface area contributed by atoms with Crippen molar-refractivity contribution in [2.45, 2.75) is 18.4 Å². The molecule has 3 rings (SSSR count). The number of amides is 1. The minimum atomic E-state index is -3.42. The normalized spacial score (nSPS) is 11.2. The van der Waals surface area contributed by atoms with Crippen LogP contribution < -0.4 is 14.8 Å². The van der Waals surface area contributed by atoms with E-state index in [0.717, 1.165) is 11.8 Å². The van der Waals surface area contributed by atoms with Gasteiger partial charge < -0.3 is 14.8 Å². The van der Waals surface area contributed by atoms with Gasteiger partial charge in [-0.1, -0.05) is 18.2 Å². The molecule has 0 radical (unpaired) electrons. The first kappa shape index (κ1) is 21.4. The maximum Gasteiger partial charge on any atom is 0.257 e. The Morgan fingerprint density at radius 1 is 1.13 bits per heavy atom. The molecule has 0 bridgehead atoms. The van der Waals surface area contributed by atoms with E-state index in [1.807, 2.05) is 12.1 Å². The predicted molar refractivity (Wildman–Crippen MR) is 113 cm³/mol. The quantitative estimate of drug-likeness (QED) is 0.620. The van der Waals surface area contributed by atoms with E-state index in [1.165, 1.54) is 12.1 Å². The Morgan fingerprint density at radius 2 is 1.90 bits per heavy atom. The van der Waals surface area contributed by atoms with Crippen molar-refractivity contribution in [3.05, 3.63) is 65.4 Å². The Morgan fingerprint density at radius 3 is 2.57 bits per heavy atom. The Kier molecular flexibility index (Phi) is 6.12. The van der Waals surface area contributed by atoms with E-state index >= 15 is 0 Å². The molecule has 0 atom stereocenters. The molecule has 0 aliphatic rings. The van der Waals surface area contributed by atoms with Crippen molar-refractivity contribution in [3.63, 3.8) is 0 Å². The van der Waals surface area contributed by atoms with Gasteiger partial charge in [0.25, 0.3) is 5.91 Å². The zero-order valence-corrected chi connectivity index (χ0v) is 18.0. The van der Waals surface area contributed by atoms with E-state index in [1.54, 1.807) is 50.2 Å². The van der Waals surface area contributed by atoms with Gasteiger partial charge in [0.2, 0.25) is 0 Å². The first-order valence-electron chi connectivity index (χ1n) is 9.08. The smallest absolute Gasteiger partial charge is 0.257 e. The number of ether oxygens (including phenoxy) is 2. The molecule has 0 unspecified atom stereocenters. The highest BCUT2D eigenvalue weighted by Crippen LogP contribution is 2.31. The summed E-state index contributed by atoms with van der Waals surface area (Å²) in [7, 11) is -0.300. The number of sulfone groups is 1. The number of hydrogen-bond donors (Lipinski definition) is 1. The molecule has 0 aliphatic heterocycles. The number of carbonyl (C=O) groups is 1. The van der Waals surface area contributed by atoms with Crippen molar-refractivity contribution in [1.29, 1.82) is 0 Å². The summed E-state index contributed by atoms with van der Waals surface area (Å²) in [5, 5.41) is 7.09. The number of nitrogens with zero attached hydrogens (tertiary/aromatic N) is 2. The Hall–Kier alpha value is -3.33. The zero-order valence-electron chi connectivity index (χ0n) is 17.2. The molecular weight excluding hydrogens is 406 g/mol. The number of carbonyl (C=O) groups excluding carboxylic acids is 1. The minimum absolute atomic E-state index is 0.0906. The molecule has 8 nitrogen and oxygen atoms in total. The second-order valence-corrected chi connectivity index (χ2v) is 8.75. The summed E-state index contributed by atoms with van der Waals surface area (Å²) >= 11 is 0. The average molecular weight is 429 g/mol. The Bertz CT molecular complexity index is 1190. The second kappa shape index (κ2) is 8.58. The number of rotatable bonds is 7. The first-order valence-corrected chi connectivity index (χ1v) is 11.0. The van der Waals surface area contributed by atoms with Crippen molar-refractivity contribution >= 4 is 21.6 Å². The van der Waals surface area contributed by atoms with Crippen LogP contribution in [0.1, 0.15) is 21.5 Å². The van der Waals surface area contributed by atoms with Crippen LogP contribution in [0.5, 0.6) is 11.5 Å². The lowest BCUT2D eigenvalue weighted by molar-refractivity contribution is 0.102. The summed E-state index contributed by atoms with van der Waals surface area (Å²) in [5.41, 5.74) is 1.77. The molecule has 0 spiro atoms. The number of anilines is 1. The van der Waals surface area contributed by atoms with Gasteiger partial charge in [-0.3, -0.25) is 4.79 Å². The molecule has 0 aliphatic carbocycles. The number of aromatic nitrogens is 2. The van der Waals surface area contributed by atoms with Crippen molar-refractivity contribution < 1.29 is 22.7 Å². The fourth-order valence-corrected chi connectivity index (χ4v) is 3.71. The highest BCUT2D eigenvalue weighted by Gasteiger charge is 2.17. The first-order chi connectivity index (χ1) is 14.2. The van der Waals surface area contributed by atoms with Crippen molar-refractivity contribution in [2.75, 3.05) is 25.8 Å². The molecule has 1 aromatic heterocycles. The van der Waals surface area contributed by atoms with Crippen LogP contribution in [0.3, 0.4) is 0 Å². The molecule has 1 N–H and O–H groups in total. The van der Waals surface area contributed by atoms with E-state index in [9.17, 15) is 13.2 Å². The standard InChI is InChI=1S/C21H23N3O5S/c1-14-8-9-16(30(4,26)27)12-17(14)21(25)23-19-10-11-22-24(19)13-15-6-5-7-18(28-2)20(15)29-3/h5-12H,13H2,1-4H3,(H,23,25). The highest BCUT2D eigenvalue weighted by molar-refractivity contribution is 7.90. The van der Waals surface area contributed by atoms with Crippen molar-refractivity contribution in [2.24, 2.45) is 0 Å². The van der Waals surface area contributed by atoms with E-state index < -0.39 is 15.7 Å². The number of methoxy groups -OCH3 is 2. The van der Waals surface area contributed by atoms with Gasteiger partial charge in [-0.25, -0.2) is 13.1 Å². The summed E-state index contributed by atoms with van der Waals surface area (Å²) in [5.74, 6) is 1.23. The van der Waals surface area contributed by atoms with Gasteiger partial charge >= 0.3 is 0 Å². The summed E-state index contributed by atoms with van der Waals surface area (Å²) in [6, 6.07) is 11.7. The largest absolute Gasteiger partial charge is 0.493 e. The second-order valence-electron chi connectivity index (χ2n) is 6.73. The highest BCUT2D eigenvalue weighted by atomic mass is 32.2. The lowest BCUT2D eigenvalue weighted by Crippen LogP contribution is -2.18. The maximum absolute atomic E-state index is 12.8. The van der Waals surface area contributed by atoms with Crippen LogP contribution in [0, 0.1) is 6.92 Å². The molecule has 1 amide bonds. The van der Waals surface area contributed by atoms with E-state index in [2.05, 4.69) is 10.4 Å². The molecule has 0 saturated heterocycles. The number of hydrogen-bond acceptors (Lipinski definition) is 6. The van der Waals surface area contributed by atoms with E-state index in [0.29, 0.717) is 29.4 Å². The zero-order chi connectivity index (χ0) is 21.9. The fourth-order valence-electron chi connectivity index (χ4n) is 3.06. The van der Waals surface area contributed by atoms with Gasteiger partial charge in [0.1, 0.15) is 5.82 Å². The van der Waals surface area contributed by atoms with Gasteiger partial charge in [0.05, 0.1) is 31.9 Å². The van der Waals surface area contributed by atoms with E-state index in [-0.39, 0.29) is 10.5 Å². The lowest BCUT2D eigenvalue weighted by atomic mass is 10.1. The van der Waals surface area contributed by atoms with Crippen LogP contribution in [0.4, 0.5) is 5.82 Å². The van der Waals surface area contributed by atoms with Crippen LogP contribution in [-0.4, -0.2) is 44.6 Å². The number of nitrogens with one attached hydrogen (secondary N) is 1. The molecule has 9 heteroatoms. The monoisotopic (exact) mass is 429 g/mol. The number of aryl methyl sites for hydroxylation is 1. The minimum Gasteiger partial charge on any atom is -0.493 e. The van der Waals surface area contributed by atoms with Gasteiger partial charge in [0.15, 0.2) is 21.3 Å². The molecule has 158 valence electrons. The molecule has 2 aromatic carbocycles.